The van der Waals surface area contributed by atoms with Crippen LogP contribution in [0.5, 0.6) is 5.75 Å². The van der Waals surface area contributed by atoms with Crippen LogP contribution in [-0.2, 0) is 7.05 Å². The number of aryl methyl sites for hydroxylation is 2. The van der Waals surface area contributed by atoms with Gasteiger partial charge in [-0.25, -0.2) is 4.98 Å². The minimum atomic E-state index is -0.332. The third kappa shape index (κ3) is 3.55. The lowest BCUT2D eigenvalue weighted by atomic mass is 10.0. The summed E-state index contributed by atoms with van der Waals surface area (Å²) in [5.74, 6) is 1.30. The number of amides is 1. The van der Waals surface area contributed by atoms with Gasteiger partial charge in [-0.15, -0.1) is 0 Å². The largest absolute Gasteiger partial charge is 0.496 e. The molecule has 0 radical (unpaired) electrons. The molecule has 0 bridgehead atoms. The molecule has 3 rings (SSSR count). The van der Waals surface area contributed by atoms with Crippen molar-refractivity contribution in [1.82, 2.24) is 14.9 Å². The van der Waals surface area contributed by atoms with E-state index in [4.69, 9.17) is 4.74 Å². The van der Waals surface area contributed by atoms with E-state index in [0.29, 0.717) is 11.3 Å². The minimum absolute atomic E-state index is 0.171. The molecule has 25 heavy (non-hydrogen) atoms. The first kappa shape index (κ1) is 16.8. The Hall–Kier alpha value is -3.08. The maximum Gasteiger partial charge on any atom is 0.252 e. The average molecular weight is 335 g/mol. The quantitative estimate of drug-likeness (QED) is 0.779. The monoisotopic (exact) mass is 335 g/mol. The molecule has 0 saturated carbocycles. The number of carbonyl (C=O) groups excluding carboxylic acids is 1. The Morgan fingerprint density at radius 3 is 2.60 bits per heavy atom. The zero-order valence-corrected chi connectivity index (χ0v) is 14.6. The second kappa shape index (κ2) is 7.21. The van der Waals surface area contributed by atoms with Gasteiger partial charge in [0.2, 0.25) is 0 Å². The van der Waals surface area contributed by atoms with Gasteiger partial charge < -0.3 is 14.6 Å². The lowest BCUT2D eigenvalue weighted by molar-refractivity contribution is 0.0941. The van der Waals surface area contributed by atoms with Crippen LogP contribution in [0, 0.1) is 6.92 Å². The van der Waals surface area contributed by atoms with Gasteiger partial charge in [-0.1, -0.05) is 36.4 Å². The molecule has 128 valence electrons. The van der Waals surface area contributed by atoms with Gasteiger partial charge in [0.1, 0.15) is 17.6 Å². The van der Waals surface area contributed by atoms with Crippen molar-refractivity contribution >= 4 is 5.91 Å². The third-order valence-electron chi connectivity index (χ3n) is 4.20. The van der Waals surface area contributed by atoms with Crippen LogP contribution in [0.25, 0.3) is 0 Å². The molecule has 1 N–H and O–H groups in total. The zero-order chi connectivity index (χ0) is 17.8. The van der Waals surface area contributed by atoms with Crippen LogP contribution in [0.15, 0.2) is 60.9 Å². The van der Waals surface area contributed by atoms with E-state index in [9.17, 15) is 4.79 Å². The fourth-order valence-electron chi connectivity index (χ4n) is 2.77. The topological polar surface area (TPSA) is 56.1 Å². The summed E-state index contributed by atoms with van der Waals surface area (Å²) in [5, 5.41) is 3.09. The molecule has 0 fully saturated rings. The first-order valence-electron chi connectivity index (χ1n) is 8.08. The Kier molecular flexibility index (Phi) is 4.84. The van der Waals surface area contributed by atoms with E-state index in [2.05, 4.69) is 10.3 Å². The van der Waals surface area contributed by atoms with Crippen LogP contribution in [0.3, 0.4) is 0 Å². The molecular weight excluding hydrogens is 314 g/mol. The molecule has 0 saturated heterocycles. The van der Waals surface area contributed by atoms with Crippen LogP contribution >= 0.6 is 0 Å². The van der Waals surface area contributed by atoms with Crippen molar-refractivity contribution in [2.24, 2.45) is 7.05 Å². The predicted molar refractivity (Wildman–Crippen MR) is 96.7 cm³/mol. The van der Waals surface area contributed by atoms with Gasteiger partial charge in [0.05, 0.1) is 7.11 Å². The Morgan fingerprint density at radius 1 is 1.20 bits per heavy atom. The summed E-state index contributed by atoms with van der Waals surface area (Å²) in [7, 11) is 3.52. The molecule has 1 heterocycles. The molecule has 1 amide bonds. The lowest BCUT2D eigenvalue weighted by Crippen LogP contribution is -2.31. The molecule has 1 aromatic heterocycles. The van der Waals surface area contributed by atoms with E-state index >= 15 is 0 Å². The number of methoxy groups -OCH3 is 1. The van der Waals surface area contributed by atoms with Gasteiger partial charge in [-0.3, -0.25) is 4.79 Å². The highest BCUT2D eigenvalue weighted by Crippen LogP contribution is 2.23. The Morgan fingerprint density at radius 2 is 1.96 bits per heavy atom. The van der Waals surface area contributed by atoms with Crippen molar-refractivity contribution in [2.75, 3.05) is 7.11 Å². The fraction of sp³-hybridized carbons (Fsp3) is 0.200. The highest BCUT2D eigenvalue weighted by atomic mass is 16.5. The van der Waals surface area contributed by atoms with Gasteiger partial charge in [0, 0.05) is 25.0 Å². The molecule has 5 nitrogen and oxygen atoms in total. The number of imidazole rings is 1. The SMILES string of the molecule is COc1cc(C(=O)N[C@H](c2ccccc2)c2nccn2C)ccc1C. The van der Waals surface area contributed by atoms with Crippen molar-refractivity contribution in [3.8, 4) is 5.75 Å². The van der Waals surface area contributed by atoms with Crippen LogP contribution in [0.1, 0.15) is 33.4 Å². The number of nitrogens with one attached hydrogen (secondary N) is 1. The standard InChI is InChI=1S/C20H21N3O2/c1-14-9-10-16(13-17(14)25-3)20(24)22-18(15-7-5-4-6-8-15)19-21-11-12-23(19)2/h4-13,18H,1-3H3,(H,22,24)/t18-/m1/s1. The minimum Gasteiger partial charge on any atom is -0.496 e. The average Bonchev–Trinajstić information content (AvgIpc) is 3.06. The third-order valence-corrected chi connectivity index (χ3v) is 4.20. The van der Waals surface area contributed by atoms with E-state index in [1.165, 1.54) is 0 Å². The summed E-state index contributed by atoms with van der Waals surface area (Å²) in [6, 6.07) is 14.9. The van der Waals surface area contributed by atoms with Crippen molar-refractivity contribution < 1.29 is 9.53 Å². The molecular formula is C20H21N3O2. The fourth-order valence-corrected chi connectivity index (χ4v) is 2.77. The maximum absolute atomic E-state index is 12.8. The summed E-state index contributed by atoms with van der Waals surface area (Å²) in [5.41, 5.74) is 2.52. The number of ether oxygens (including phenoxy) is 1. The smallest absolute Gasteiger partial charge is 0.252 e. The first-order valence-corrected chi connectivity index (χ1v) is 8.08. The number of rotatable bonds is 5. The molecule has 2 aromatic carbocycles. The highest BCUT2D eigenvalue weighted by Gasteiger charge is 2.21. The van der Waals surface area contributed by atoms with E-state index in [0.717, 1.165) is 17.0 Å². The van der Waals surface area contributed by atoms with Crippen molar-refractivity contribution in [2.45, 2.75) is 13.0 Å². The molecule has 0 aliphatic carbocycles. The van der Waals surface area contributed by atoms with E-state index in [1.807, 2.05) is 61.1 Å². The number of nitrogens with zero attached hydrogens (tertiary/aromatic N) is 2. The number of carbonyl (C=O) groups is 1. The maximum atomic E-state index is 12.8. The summed E-state index contributed by atoms with van der Waals surface area (Å²) < 4.78 is 7.23. The molecule has 5 heteroatoms. The molecule has 1 atom stereocenters. The Labute approximate surface area is 147 Å². The van der Waals surface area contributed by atoms with Crippen molar-refractivity contribution in [3.05, 3.63) is 83.4 Å². The van der Waals surface area contributed by atoms with Gasteiger partial charge in [0.15, 0.2) is 0 Å². The van der Waals surface area contributed by atoms with Crippen molar-refractivity contribution in [3.63, 3.8) is 0 Å². The van der Waals surface area contributed by atoms with Gasteiger partial charge in [0.25, 0.3) is 5.91 Å². The van der Waals surface area contributed by atoms with Crippen molar-refractivity contribution in [1.29, 1.82) is 0 Å². The summed E-state index contributed by atoms with van der Waals surface area (Å²) in [6.07, 6.45) is 3.60. The van der Waals surface area contributed by atoms with Crippen LogP contribution in [0.2, 0.25) is 0 Å². The van der Waals surface area contributed by atoms with Gasteiger partial charge in [-0.05, 0) is 30.2 Å². The van der Waals surface area contributed by atoms with Crippen LogP contribution in [-0.4, -0.2) is 22.6 Å². The first-order chi connectivity index (χ1) is 12.1. The van der Waals surface area contributed by atoms with E-state index in [1.54, 1.807) is 25.4 Å². The zero-order valence-electron chi connectivity index (χ0n) is 14.6. The molecule has 3 aromatic rings. The highest BCUT2D eigenvalue weighted by molar-refractivity contribution is 5.95. The summed E-state index contributed by atoms with van der Waals surface area (Å²) in [6.45, 7) is 1.95. The van der Waals surface area contributed by atoms with Gasteiger partial charge in [-0.2, -0.15) is 0 Å². The Bertz CT molecular complexity index is 872. The van der Waals surface area contributed by atoms with Gasteiger partial charge >= 0.3 is 0 Å². The molecule has 0 aliphatic heterocycles. The number of benzene rings is 2. The molecule has 0 aliphatic rings. The predicted octanol–water partition coefficient (Wildman–Crippen LogP) is 3.26. The lowest BCUT2D eigenvalue weighted by Gasteiger charge is -2.19. The Balaban J connectivity index is 1.93. The second-order valence-corrected chi connectivity index (χ2v) is 5.90. The summed E-state index contributed by atoms with van der Waals surface area (Å²) in [4.78, 5) is 17.2. The van der Waals surface area contributed by atoms with Crippen LogP contribution < -0.4 is 10.1 Å². The number of hydrogen-bond acceptors (Lipinski definition) is 3. The molecule has 0 spiro atoms. The second-order valence-electron chi connectivity index (χ2n) is 5.90. The van der Waals surface area contributed by atoms with E-state index in [-0.39, 0.29) is 11.9 Å². The normalized spacial score (nSPS) is 11.8. The van der Waals surface area contributed by atoms with E-state index < -0.39 is 0 Å². The van der Waals surface area contributed by atoms with Crippen LogP contribution in [0.4, 0.5) is 0 Å². The summed E-state index contributed by atoms with van der Waals surface area (Å²) >= 11 is 0. The number of hydrogen-bond donors (Lipinski definition) is 1. The molecule has 0 unspecified atom stereocenters. The number of aromatic nitrogens is 2.